The van der Waals surface area contributed by atoms with Crippen LogP contribution in [0.15, 0.2) is 30.4 Å². The van der Waals surface area contributed by atoms with Crippen LogP contribution in [-0.2, 0) is 4.74 Å². The molecule has 0 aliphatic heterocycles. The largest absolute Gasteiger partial charge is 0.378 e. The summed E-state index contributed by atoms with van der Waals surface area (Å²) in [7, 11) is 0. The van der Waals surface area contributed by atoms with E-state index in [2.05, 4.69) is 12.2 Å². The maximum atomic E-state index is 14.0. The third kappa shape index (κ3) is 4.41. The van der Waals surface area contributed by atoms with E-state index < -0.39 is 0 Å². The maximum Gasteiger partial charge on any atom is 0.127 e. The number of rotatable bonds is 5. The molecule has 3 heteroatoms. The van der Waals surface area contributed by atoms with Crippen LogP contribution in [-0.4, -0.2) is 13.2 Å². The number of benzene rings is 1. The zero-order chi connectivity index (χ0) is 15.1. The number of halogens is 1. The molecule has 0 unspecified atom stereocenters. The third-order valence-electron chi connectivity index (χ3n) is 4.17. The van der Waals surface area contributed by atoms with Gasteiger partial charge in [0.05, 0.1) is 18.2 Å². The second-order valence-electron chi connectivity index (χ2n) is 5.55. The minimum absolute atomic E-state index is 0.232. The van der Waals surface area contributed by atoms with E-state index in [1.54, 1.807) is 12.1 Å². The average Bonchev–Trinajstić information content (AvgIpc) is 2.52. The molecule has 1 aromatic rings. The normalized spacial score (nSPS) is 22.3. The van der Waals surface area contributed by atoms with Crippen LogP contribution in [0, 0.1) is 23.1 Å². The van der Waals surface area contributed by atoms with E-state index in [-0.39, 0.29) is 11.7 Å². The Morgan fingerprint density at radius 2 is 2.10 bits per heavy atom. The van der Waals surface area contributed by atoms with Gasteiger partial charge >= 0.3 is 0 Å². The monoisotopic (exact) mass is 287 g/mol. The highest BCUT2D eigenvalue weighted by atomic mass is 19.1. The number of nitriles is 1. The quantitative estimate of drug-likeness (QED) is 0.587. The summed E-state index contributed by atoms with van der Waals surface area (Å²) in [5.74, 6) is 0.641. The molecule has 1 aromatic carbocycles. The lowest BCUT2D eigenvalue weighted by Crippen LogP contribution is -2.13. The Bertz CT molecular complexity index is 525. The molecule has 0 atom stereocenters. The highest BCUT2D eigenvalue weighted by Gasteiger charge is 2.23. The zero-order valence-electron chi connectivity index (χ0n) is 12.5. The Morgan fingerprint density at radius 3 is 2.71 bits per heavy atom. The van der Waals surface area contributed by atoms with Crippen molar-refractivity contribution in [1.29, 1.82) is 5.26 Å². The number of allylic oxidation sites excluding steroid dienone is 1. The topological polar surface area (TPSA) is 33.0 Å². The Balaban J connectivity index is 1.89. The van der Waals surface area contributed by atoms with Crippen molar-refractivity contribution in [3.05, 3.63) is 47.3 Å². The predicted octanol–water partition coefficient (Wildman–Crippen LogP) is 4.56. The van der Waals surface area contributed by atoms with Gasteiger partial charge in [-0.3, -0.25) is 0 Å². The standard InChI is InChI=1S/C18H22FNO/c1-2-21-11-3-4-14-5-8-16(9-6-14)17-10-7-15(13-20)12-18(17)19/h3-4,7,10,12,14,16H,2,5-6,8-9,11H2,1H3/t14-,16-. The van der Waals surface area contributed by atoms with E-state index >= 15 is 0 Å². The van der Waals surface area contributed by atoms with Crippen LogP contribution in [0.2, 0.25) is 0 Å². The second-order valence-corrected chi connectivity index (χ2v) is 5.55. The fraction of sp³-hybridized carbons (Fsp3) is 0.500. The smallest absolute Gasteiger partial charge is 0.127 e. The van der Waals surface area contributed by atoms with Crippen LogP contribution in [0.25, 0.3) is 0 Å². The first-order valence-corrected chi connectivity index (χ1v) is 7.68. The molecule has 0 spiro atoms. The molecule has 0 saturated heterocycles. The van der Waals surface area contributed by atoms with Crippen LogP contribution >= 0.6 is 0 Å². The summed E-state index contributed by atoms with van der Waals surface area (Å²) < 4.78 is 19.3. The predicted molar refractivity (Wildman–Crippen MR) is 81.4 cm³/mol. The van der Waals surface area contributed by atoms with Gasteiger partial charge in [0.1, 0.15) is 5.82 Å². The molecule has 1 saturated carbocycles. The van der Waals surface area contributed by atoms with E-state index in [9.17, 15) is 4.39 Å². The number of hydrogen-bond acceptors (Lipinski definition) is 2. The Labute approximate surface area is 126 Å². The lowest BCUT2D eigenvalue weighted by Gasteiger charge is -2.27. The molecular weight excluding hydrogens is 265 g/mol. The number of nitrogens with zero attached hydrogens (tertiary/aromatic N) is 1. The molecule has 0 bridgehead atoms. The highest BCUT2D eigenvalue weighted by molar-refractivity contribution is 5.34. The lowest BCUT2D eigenvalue weighted by atomic mass is 9.78. The first-order chi connectivity index (χ1) is 10.2. The van der Waals surface area contributed by atoms with Gasteiger partial charge in [-0.15, -0.1) is 0 Å². The Hall–Kier alpha value is -1.66. The fourth-order valence-corrected chi connectivity index (χ4v) is 2.98. The Morgan fingerprint density at radius 1 is 1.33 bits per heavy atom. The SMILES string of the molecule is CCOCC=C[C@H]1CC[C@H](c2ccc(C#N)cc2F)CC1. The van der Waals surface area contributed by atoms with E-state index in [1.807, 2.05) is 13.0 Å². The van der Waals surface area contributed by atoms with Crippen LogP contribution in [0.4, 0.5) is 4.39 Å². The summed E-state index contributed by atoms with van der Waals surface area (Å²) in [6.07, 6.45) is 8.52. The first kappa shape index (κ1) is 15.7. The third-order valence-corrected chi connectivity index (χ3v) is 4.17. The first-order valence-electron chi connectivity index (χ1n) is 7.68. The van der Waals surface area contributed by atoms with Crippen LogP contribution < -0.4 is 0 Å². The summed E-state index contributed by atoms with van der Waals surface area (Å²) in [4.78, 5) is 0. The fourth-order valence-electron chi connectivity index (χ4n) is 2.98. The summed E-state index contributed by atoms with van der Waals surface area (Å²) in [6, 6.07) is 6.82. The van der Waals surface area contributed by atoms with Gasteiger partial charge in [-0.05, 0) is 62.1 Å². The summed E-state index contributed by atoms with van der Waals surface area (Å²) in [5.41, 5.74) is 1.16. The lowest BCUT2D eigenvalue weighted by molar-refractivity contribution is 0.177. The van der Waals surface area contributed by atoms with Gasteiger partial charge in [0, 0.05) is 6.61 Å². The second kappa shape index (κ2) is 7.95. The molecule has 2 nitrogen and oxygen atoms in total. The number of ether oxygens (including phenoxy) is 1. The summed E-state index contributed by atoms with van der Waals surface area (Å²) in [6.45, 7) is 3.42. The van der Waals surface area contributed by atoms with Crippen molar-refractivity contribution in [3.63, 3.8) is 0 Å². The molecule has 0 N–H and O–H groups in total. The molecule has 1 aliphatic carbocycles. The van der Waals surface area contributed by atoms with Gasteiger partial charge in [-0.1, -0.05) is 18.2 Å². The molecule has 0 amide bonds. The molecule has 112 valence electrons. The molecule has 1 aliphatic rings. The molecule has 0 heterocycles. The van der Waals surface area contributed by atoms with Gasteiger partial charge in [0.25, 0.3) is 0 Å². The van der Waals surface area contributed by atoms with E-state index in [0.717, 1.165) is 37.9 Å². The number of hydrogen-bond donors (Lipinski definition) is 0. The van der Waals surface area contributed by atoms with Gasteiger partial charge in [0.2, 0.25) is 0 Å². The van der Waals surface area contributed by atoms with E-state index in [1.165, 1.54) is 6.07 Å². The molecule has 0 radical (unpaired) electrons. The van der Waals surface area contributed by atoms with Crippen molar-refractivity contribution >= 4 is 0 Å². The minimum Gasteiger partial charge on any atom is -0.378 e. The maximum absolute atomic E-state index is 14.0. The minimum atomic E-state index is -0.232. The van der Waals surface area contributed by atoms with Crippen molar-refractivity contribution in [3.8, 4) is 6.07 Å². The van der Waals surface area contributed by atoms with Crippen LogP contribution in [0.1, 0.15) is 49.7 Å². The van der Waals surface area contributed by atoms with Crippen molar-refractivity contribution in [2.45, 2.75) is 38.5 Å². The van der Waals surface area contributed by atoms with Gasteiger partial charge in [0.15, 0.2) is 0 Å². The van der Waals surface area contributed by atoms with E-state index in [0.29, 0.717) is 18.1 Å². The highest BCUT2D eigenvalue weighted by Crippen LogP contribution is 2.37. The van der Waals surface area contributed by atoms with Crippen molar-refractivity contribution in [1.82, 2.24) is 0 Å². The van der Waals surface area contributed by atoms with Crippen LogP contribution in [0.5, 0.6) is 0 Å². The van der Waals surface area contributed by atoms with Crippen molar-refractivity contribution in [2.24, 2.45) is 5.92 Å². The molecule has 1 fully saturated rings. The van der Waals surface area contributed by atoms with Gasteiger partial charge in [-0.2, -0.15) is 5.26 Å². The average molecular weight is 287 g/mol. The van der Waals surface area contributed by atoms with E-state index in [4.69, 9.17) is 10.00 Å². The molecule has 2 rings (SSSR count). The Kier molecular flexibility index (Phi) is 5.95. The van der Waals surface area contributed by atoms with Crippen LogP contribution in [0.3, 0.4) is 0 Å². The van der Waals surface area contributed by atoms with Crippen molar-refractivity contribution < 1.29 is 9.13 Å². The zero-order valence-corrected chi connectivity index (χ0v) is 12.5. The van der Waals surface area contributed by atoms with Crippen molar-refractivity contribution in [2.75, 3.05) is 13.2 Å². The molecular formula is C18H22FNO. The summed E-state index contributed by atoms with van der Waals surface area (Å²) >= 11 is 0. The van der Waals surface area contributed by atoms with Gasteiger partial charge < -0.3 is 4.74 Å². The van der Waals surface area contributed by atoms with Gasteiger partial charge in [-0.25, -0.2) is 4.39 Å². The molecule has 0 aromatic heterocycles. The summed E-state index contributed by atoms with van der Waals surface area (Å²) in [5, 5.41) is 8.78. The molecule has 21 heavy (non-hydrogen) atoms.